The summed E-state index contributed by atoms with van der Waals surface area (Å²) >= 11 is 0. The van der Waals surface area contributed by atoms with Crippen molar-refractivity contribution < 1.29 is 9.84 Å². The van der Waals surface area contributed by atoms with Crippen molar-refractivity contribution in [3.63, 3.8) is 0 Å². The lowest BCUT2D eigenvalue weighted by atomic mass is 10.1. The van der Waals surface area contributed by atoms with Gasteiger partial charge in [0.1, 0.15) is 12.0 Å². The van der Waals surface area contributed by atoms with Crippen LogP contribution in [-0.2, 0) is 11.3 Å². The number of hydrogen-bond acceptors (Lipinski definition) is 3. The highest BCUT2D eigenvalue weighted by atomic mass is 16.5. The average molecular weight is 341 g/mol. The molecule has 2 aromatic carbocycles. The Labute approximate surface area is 153 Å². The van der Waals surface area contributed by atoms with E-state index >= 15 is 0 Å². The second-order valence-electron chi connectivity index (χ2n) is 5.80. The molecule has 3 rings (SSSR count). The summed E-state index contributed by atoms with van der Waals surface area (Å²) < 4.78 is 5.31. The van der Waals surface area contributed by atoms with Crippen molar-refractivity contribution in [1.82, 2.24) is 5.32 Å². The highest BCUT2D eigenvalue weighted by Crippen LogP contribution is 2.20. The van der Waals surface area contributed by atoms with Gasteiger partial charge in [0.15, 0.2) is 5.76 Å². The van der Waals surface area contributed by atoms with Crippen LogP contribution in [0.5, 0.6) is 0 Å². The summed E-state index contributed by atoms with van der Waals surface area (Å²) in [4.78, 5) is 0. The largest absolute Gasteiger partial charge is 0.504 e. The van der Waals surface area contributed by atoms with Gasteiger partial charge in [-0.25, -0.2) is 0 Å². The smallest absolute Gasteiger partial charge is 0.157 e. The lowest BCUT2D eigenvalue weighted by molar-refractivity contribution is 0.305. The molecular weight excluding hydrogens is 322 g/mol. The van der Waals surface area contributed by atoms with Crippen LogP contribution in [0.15, 0.2) is 103 Å². The SMILES string of the molecule is C=C1C=C(C(=C)NCc2ccc(C#Cc3ccccc3)cc2)OC=C1O. The van der Waals surface area contributed by atoms with Crippen molar-refractivity contribution in [2.45, 2.75) is 6.54 Å². The van der Waals surface area contributed by atoms with Crippen molar-refractivity contribution in [3.8, 4) is 11.8 Å². The lowest BCUT2D eigenvalue weighted by Gasteiger charge is -2.16. The van der Waals surface area contributed by atoms with Gasteiger partial charge in [0.25, 0.3) is 0 Å². The van der Waals surface area contributed by atoms with Gasteiger partial charge in [0.05, 0.1) is 5.70 Å². The molecule has 1 aliphatic rings. The molecule has 0 atom stereocenters. The monoisotopic (exact) mass is 341 g/mol. The molecule has 0 aliphatic carbocycles. The molecule has 3 heteroatoms. The van der Waals surface area contributed by atoms with Gasteiger partial charge < -0.3 is 15.2 Å². The Hall–Kier alpha value is -3.64. The number of benzene rings is 2. The predicted octanol–water partition coefficient (Wildman–Crippen LogP) is 4.56. The third-order valence-corrected chi connectivity index (χ3v) is 3.81. The van der Waals surface area contributed by atoms with Crippen LogP contribution in [0.4, 0.5) is 0 Å². The van der Waals surface area contributed by atoms with E-state index in [1.807, 2.05) is 54.6 Å². The zero-order chi connectivity index (χ0) is 18.4. The summed E-state index contributed by atoms with van der Waals surface area (Å²) in [5.74, 6) is 6.86. The summed E-state index contributed by atoms with van der Waals surface area (Å²) in [6.07, 6.45) is 2.90. The first-order valence-electron chi connectivity index (χ1n) is 8.18. The third-order valence-electron chi connectivity index (χ3n) is 3.81. The zero-order valence-corrected chi connectivity index (χ0v) is 14.3. The number of ether oxygens (including phenoxy) is 1. The molecule has 0 radical (unpaired) electrons. The molecule has 0 unspecified atom stereocenters. The van der Waals surface area contributed by atoms with E-state index in [1.165, 1.54) is 6.26 Å². The first-order chi connectivity index (χ1) is 12.6. The first-order valence-corrected chi connectivity index (χ1v) is 8.18. The molecule has 128 valence electrons. The van der Waals surface area contributed by atoms with Crippen molar-refractivity contribution >= 4 is 0 Å². The highest BCUT2D eigenvalue weighted by Gasteiger charge is 2.11. The Morgan fingerprint density at radius 1 is 1.00 bits per heavy atom. The number of rotatable bonds is 4. The Bertz CT molecular complexity index is 939. The standard InChI is InChI=1S/C23H19NO2/c1-17-14-23(26-16-22(17)25)18(2)24-15-21-12-10-20(11-13-21)9-8-19-6-4-3-5-7-19/h3-7,10-14,16,24-25H,1-2,15H2. The van der Waals surface area contributed by atoms with Gasteiger partial charge in [-0.3, -0.25) is 0 Å². The van der Waals surface area contributed by atoms with Crippen molar-refractivity contribution in [1.29, 1.82) is 0 Å². The summed E-state index contributed by atoms with van der Waals surface area (Å²) in [7, 11) is 0. The van der Waals surface area contributed by atoms with Crippen LogP contribution in [0.1, 0.15) is 16.7 Å². The maximum absolute atomic E-state index is 9.46. The number of aliphatic hydroxyl groups excluding tert-OH is 1. The second-order valence-corrected chi connectivity index (χ2v) is 5.80. The van der Waals surface area contributed by atoms with Crippen molar-refractivity contribution in [2.24, 2.45) is 0 Å². The molecule has 0 fully saturated rings. The molecule has 0 spiro atoms. The van der Waals surface area contributed by atoms with Crippen LogP contribution < -0.4 is 5.32 Å². The van der Waals surface area contributed by atoms with Gasteiger partial charge in [-0.05, 0) is 35.9 Å². The van der Waals surface area contributed by atoms with E-state index in [0.717, 1.165) is 16.7 Å². The fourth-order valence-electron chi connectivity index (χ4n) is 2.29. The lowest BCUT2D eigenvalue weighted by Crippen LogP contribution is -2.15. The zero-order valence-electron chi connectivity index (χ0n) is 14.3. The van der Waals surface area contributed by atoms with E-state index in [9.17, 15) is 5.11 Å². The number of allylic oxidation sites excluding steroid dienone is 1. The molecule has 0 saturated carbocycles. The average Bonchev–Trinajstić information content (AvgIpc) is 2.68. The maximum Gasteiger partial charge on any atom is 0.157 e. The first kappa shape index (κ1) is 17.2. The van der Waals surface area contributed by atoms with Crippen LogP contribution in [0.25, 0.3) is 0 Å². The normalized spacial score (nSPS) is 12.8. The molecule has 3 nitrogen and oxygen atoms in total. The van der Waals surface area contributed by atoms with E-state index in [1.54, 1.807) is 6.08 Å². The predicted molar refractivity (Wildman–Crippen MR) is 104 cm³/mol. The molecule has 1 aliphatic heterocycles. The fourth-order valence-corrected chi connectivity index (χ4v) is 2.29. The molecule has 26 heavy (non-hydrogen) atoms. The van der Waals surface area contributed by atoms with E-state index in [2.05, 4.69) is 30.3 Å². The van der Waals surface area contributed by atoms with Crippen LogP contribution in [0, 0.1) is 11.8 Å². The Balaban J connectivity index is 1.57. The van der Waals surface area contributed by atoms with Gasteiger partial charge in [-0.1, -0.05) is 55.3 Å². The van der Waals surface area contributed by atoms with E-state index in [0.29, 0.717) is 23.6 Å². The third kappa shape index (κ3) is 4.46. The Morgan fingerprint density at radius 3 is 2.31 bits per heavy atom. The second kappa shape index (κ2) is 7.96. The van der Waals surface area contributed by atoms with Crippen LogP contribution in [0.2, 0.25) is 0 Å². The topological polar surface area (TPSA) is 41.5 Å². The molecule has 0 bridgehead atoms. The molecule has 0 aromatic heterocycles. The van der Waals surface area contributed by atoms with Crippen molar-refractivity contribution in [3.05, 3.63) is 120 Å². The van der Waals surface area contributed by atoms with Gasteiger partial charge >= 0.3 is 0 Å². The molecular formula is C23H19NO2. The van der Waals surface area contributed by atoms with Gasteiger partial charge in [-0.15, -0.1) is 0 Å². The molecule has 0 saturated heterocycles. The van der Waals surface area contributed by atoms with Crippen LogP contribution in [-0.4, -0.2) is 5.11 Å². The quantitative estimate of drug-likeness (QED) is 0.801. The minimum Gasteiger partial charge on any atom is -0.504 e. The van der Waals surface area contributed by atoms with E-state index in [-0.39, 0.29) is 5.76 Å². The minimum atomic E-state index is 0.0220. The fraction of sp³-hybridized carbons (Fsp3) is 0.0435. The highest BCUT2D eigenvalue weighted by molar-refractivity contribution is 5.44. The summed E-state index contributed by atoms with van der Waals surface area (Å²) in [5, 5.41) is 12.7. The molecule has 2 aromatic rings. The van der Waals surface area contributed by atoms with Gasteiger partial charge in [-0.2, -0.15) is 0 Å². The van der Waals surface area contributed by atoms with Crippen LogP contribution >= 0.6 is 0 Å². The minimum absolute atomic E-state index is 0.0220. The maximum atomic E-state index is 9.46. The molecule has 2 N–H and O–H groups in total. The molecule has 0 amide bonds. The summed E-state index contributed by atoms with van der Waals surface area (Å²) in [6, 6.07) is 17.9. The summed E-state index contributed by atoms with van der Waals surface area (Å²) in [5.41, 5.74) is 4.19. The number of nitrogens with one attached hydrogen (secondary N) is 1. The van der Waals surface area contributed by atoms with Gasteiger partial charge in [0, 0.05) is 23.2 Å². The molecule has 1 heterocycles. The van der Waals surface area contributed by atoms with E-state index in [4.69, 9.17) is 4.74 Å². The van der Waals surface area contributed by atoms with E-state index < -0.39 is 0 Å². The van der Waals surface area contributed by atoms with Crippen molar-refractivity contribution in [2.75, 3.05) is 0 Å². The van der Waals surface area contributed by atoms with Crippen LogP contribution in [0.3, 0.4) is 0 Å². The number of aliphatic hydroxyl groups is 1. The summed E-state index contributed by atoms with van der Waals surface area (Å²) in [6.45, 7) is 8.30. The van der Waals surface area contributed by atoms with Gasteiger partial charge in [0.2, 0.25) is 0 Å². The number of hydrogen-bond donors (Lipinski definition) is 2. The Kier molecular flexibility index (Phi) is 5.26. The Morgan fingerprint density at radius 2 is 1.65 bits per heavy atom.